The summed E-state index contributed by atoms with van der Waals surface area (Å²) < 4.78 is 32.5. The highest BCUT2D eigenvalue weighted by Gasteiger charge is 2.17. The monoisotopic (exact) mass is 350 g/mol. The fourth-order valence-corrected chi connectivity index (χ4v) is 3.56. The van der Waals surface area contributed by atoms with Crippen LogP contribution in [0.25, 0.3) is 0 Å². The van der Waals surface area contributed by atoms with Gasteiger partial charge >= 0.3 is 0 Å². The van der Waals surface area contributed by atoms with E-state index in [9.17, 15) is 8.42 Å². The van der Waals surface area contributed by atoms with Crippen molar-refractivity contribution in [2.24, 2.45) is 0 Å². The quantitative estimate of drug-likeness (QED) is 0.697. The molecule has 19 heavy (non-hydrogen) atoms. The predicted octanol–water partition coefficient (Wildman–Crippen LogP) is 1.48. The normalized spacial score (nSPS) is 11.7. The van der Waals surface area contributed by atoms with Gasteiger partial charge in [-0.05, 0) is 47.6 Å². The Kier molecular flexibility index (Phi) is 6.95. The van der Waals surface area contributed by atoms with Crippen LogP contribution in [0, 0.1) is 0 Å². The molecule has 0 saturated carbocycles. The van der Waals surface area contributed by atoms with Crippen molar-refractivity contribution in [3.63, 3.8) is 0 Å². The molecule has 0 aliphatic heterocycles. The molecule has 0 radical (unpaired) electrons. The fourth-order valence-electron chi connectivity index (χ4n) is 1.54. The first kappa shape index (κ1) is 16.6. The van der Waals surface area contributed by atoms with Crippen LogP contribution in [0.15, 0.2) is 27.6 Å². The lowest BCUT2D eigenvalue weighted by atomic mass is 10.2. The van der Waals surface area contributed by atoms with Gasteiger partial charge in [0.05, 0.1) is 11.5 Å². The third-order valence-electron chi connectivity index (χ3n) is 2.41. The summed E-state index contributed by atoms with van der Waals surface area (Å²) in [6.45, 7) is 3.69. The minimum atomic E-state index is -3.52. The molecule has 1 rings (SSSR count). The molecule has 108 valence electrons. The second kappa shape index (κ2) is 7.96. The second-order valence-electron chi connectivity index (χ2n) is 3.89. The zero-order valence-corrected chi connectivity index (χ0v) is 13.5. The molecule has 0 heterocycles. The van der Waals surface area contributed by atoms with Gasteiger partial charge < -0.3 is 10.1 Å². The number of halogens is 1. The summed E-state index contributed by atoms with van der Waals surface area (Å²) in [6, 6.07) is 5.27. The van der Waals surface area contributed by atoms with Crippen molar-refractivity contribution >= 4 is 26.0 Å². The lowest BCUT2D eigenvalue weighted by Gasteiger charge is -2.10. The van der Waals surface area contributed by atoms with E-state index in [4.69, 9.17) is 4.74 Å². The molecule has 1 aromatic rings. The maximum absolute atomic E-state index is 12.2. The molecule has 0 aliphatic rings. The third-order valence-corrected chi connectivity index (χ3v) is 4.86. The zero-order chi connectivity index (χ0) is 14.3. The van der Waals surface area contributed by atoms with E-state index in [1.807, 2.05) is 20.0 Å². The lowest BCUT2D eigenvalue weighted by Crippen LogP contribution is -2.28. The van der Waals surface area contributed by atoms with Gasteiger partial charge in [0.25, 0.3) is 0 Å². The first-order chi connectivity index (χ1) is 9.01. The van der Waals surface area contributed by atoms with Crippen molar-refractivity contribution in [2.75, 3.05) is 26.8 Å². The number of nitrogens with one attached hydrogen (secondary N) is 2. The van der Waals surface area contributed by atoms with Crippen molar-refractivity contribution < 1.29 is 13.2 Å². The summed E-state index contributed by atoms with van der Waals surface area (Å²) >= 11 is 3.27. The summed E-state index contributed by atoms with van der Waals surface area (Å²) in [5, 5.41) is 2.99. The topological polar surface area (TPSA) is 67.4 Å². The van der Waals surface area contributed by atoms with E-state index in [0.29, 0.717) is 24.2 Å². The van der Waals surface area contributed by atoms with Crippen LogP contribution >= 0.6 is 15.9 Å². The van der Waals surface area contributed by atoms with Gasteiger partial charge in [-0.3, -0.25) is 0 Å². The predicted molar refractivity (Wildman–Crippen MR) is 78.6 cm³/mol. The molecular formula is C12H19BrN2O3S. The van der Waals surface area contributed by atoms with Crippen LogP contribution in [0.1, 0.15) is 12.5 Å². The van der Waals surface area contributed by atoms with Crippen LogP contribution < -0.4 is 10.0 Å². The molecule has 7 heteroatoms. The molecule has 0 unspecified atom stereocenters. The minimum absolute atomic E-state index is 0.247. The van der Waals surface area contributed by atoms with Crippen LogP contribution in [-0.2, 0) is 21.3 Å². The van der Waals surface area contributed by atoms with Crippen LogP contribution in [-0.4, -0.2) is 35.2 Å². The number of sulfonamides is 1. The molecule has 0 aromatic heterocycles. The van der Waals surface area contributed by atoms with E-state index in [0.717, 1.165) is 5.56 Å². The van der Waals surface area contributed by atoms with Crippen molar-refractivity contribution in [1.29, 1.82) is 0 Å². The van der Waals surface area contributed by atoms with Crippen LogP contribution in [0.3, 0.4) is 0 Å². The zero-order valence-electron chi connectivity index (χ0n) is 11.1. The molecule has 2 N–H and O–H groups in total. The number of hydrogen-bond donors (Lipinski definition) is 2. The van der Waals surface area contributed by atoms with Crippen LogP contribution in [0.2, 0.25) is 0 Å². The van der Waals surface area contributed by atoms with Gasteiger partial charge in [-0.1, -0.05) is 6.07 Å². The van der Waals surface area contributed by atoms with Gasteiger partial charge in [-0.25, -0.2) is 13.1 Å². The average molecular weight is 351 g/mol. The Morgan fingerprint density at radius 1 is 1.37 bits per heavy atom. The first-order valence-electron chi connectivity index (χ1n) is 6.01. The van der Waals surface area contributed by atoms with E-state index in [2.05, 4.69) is 26.0 Å². The number of benzene rings is 1. The van der Waals surface area contributed by atoms with E-state index < -0.39 is 10.0 Å². The Morgan fingerprint density at radius 2 is 2.11 bits per heavy atom. The summed E-state index contributed by atoms with van der Waals surface area (Å²) in [7, 11) is -1.70. The molecule has 0 amide bonds. The largest absolute Gasteiger partial charge is 0.380 e. The molecule has 0 fully saturated rings. The van der Waals surface area contributed by atoms with E-state index in [-0.39, 0.29) is 11.4 Å². The number of ether oxygens (including phenoxy) is 1. The third kappa shape index (κ3) is 5.19. The summed E-state index contributed by atoms with van der Waals surface area (Å²) in [6.07, 6.45) is 0. The van der Waals surface area contributed by atoms with Gasteiger partial charge in [0.2, 0.25) is 10.0 Å². The van der Waals surface area contributed by atoms with Gasteiger partial charge in [0.1, 0.15) is 0 Å². The maximum atomic E-state index is 12.2. The Hall–Kier alpha value is -0.470. The lowest BCUT2D eigenvalue weighted by molar-refractivity contribution is 0.153. The van der Waals surface area contributed by atoms with E-state index in [1.165, 1.54) is 0 Å². The second-order valence-corrected chi connectivity index (χ2v) is 6.48. The van der Waals surface area contributed by atoms with Gasteiger partial charge in [-0.15, -0.1) is 0 Å². The highest BCUT2D eigenvalue weighted by molar-refractivity contribution is 9.10. The Labute approximate surface area is 122 Å². The van der Waals surface area contributed by atoms with E-state index in [1.54, 1.807) is 12.1 Å². The average Bonchev–Trinajstić information content (AvgIpc) is 2.37. The smallest absolute Gasteiger partial charge is 0.241 e. The molecule has 0 bridgehead atoms. The van der Waals surface area contributed by atoms with Crippen molar-refractivity contribution in [2.45, 2.75) is 18.4 Å². The van der Waals surface area contributed by atoms with Gasteiger partial charge in [0.15, 0.2) is 0 Å². The van der Waals surface area contributed by atoms with Crippen LogP contribution in [0.4, 0.5) is 0 Å². The van der Waals surface area contributed by atoms with E-state index >= 15 is 0 Å². The Balaban J connectivity index is 2.84. The van der Waals surface area contributed by atoms with Crippen molar-refractivity contribution in [3.05, 3.63) is 28.2 Å². The Morgan fingerprint density at radius 3 is 2.74 bits per heavy atom. The molecule has 5 nitrogen and oxygen atoms in total. The molecule has 0 spiro atoms. The fraction of sp³-hybridized carbons (Fsp3) is 0.500. The van der Waals surface area contributed by atoms with Gasteiger partial charge in [-0.2, -0.15) is 0 Å². The first-order valence-corrected chi connectivity index (χ1v) is 8.29. The number of hydrogen-bond acceptors (Lipinski definition) is 4. The van der Waals surface area contributed by atoms with Crippen molar-refractivity contribution in [1.82, 2.24) is 10.0 Å². The summed E-state index contributed by atoms with van der Waals surface area (Å²) in [5.74, 6) is 0. The van der Waals surface area contributed by atoms with Crippen LogP contribution in [0.5, 0.6) is 0 Å². The summed E-state index contributed by atoms with van der Waals surface area (Å²) in [4.78, 5) is 0.247. The summed E-state index contributed by atoms with van der Waals surface area (Å²) in [5.41, 5.74) is 0.913. The molecule has 0 aliphatic carbocycles. The SMILES string of the molecule is CCOCCNS(=O)(=O)c1cc(CNC)ccc1Br. The number of rotatable bonds is 8. The molecule has 1 aromatic carbocycles. The maximum Gasteiger partial charge on any atom is 0.241 e. The Bertz CT molecular complexity index is 506. The minimum Gasteiger partial charge on any atom is -0.380 e. The highest BCUT2D eigenvalue weighted by Crippen LogP contribution is 2.23. The standard InChI is InChI=1S/C12H19BrN2O3S/c1-3-18-7-6-15-19(16,17)12-8-10(9-14-2)4-5-11(12)13/h4-5,8,14-15H,3,6-7,9H2,1-2H3. The van der Waals surface area contributed by atoms with Crippen molar-refractivity contribution in [3.8, 4) is 0 Å². The van der Waals surface area contributed by atoms with Gasteiger partial charge in [0, 0.05) is 24.2 Å². The molecule has 0 saturated heterocycles. The molecule has 0 atom stereocenters. The molecular weight excluding hydrogens is 332 g/mol. The highest BCUT2D eigenvalue weighted by atomic mass is 79.9.